The zero-order chi connectivity index (χ0) is 5.15. The van der Waals surface area contributed by atoms with Crippen molar-refractivity contribution in [2.24, 2.45) is 0 Å². The molecule has 0 aromatic heterocycles. The quantitative estimate of drug-likeness (QED) is 0.242. The van der Waals surface area contributed by atoms with Gasteiger partial charge in [0.05, 0.1) is 0 Å². The van der Waals surface area contributed by atoms with Gasteiger partial charge in [-0.25, -0.2) is 0 Å². The van der Waals surface area contributed by atoms with Crippen molar-refractivity contribution in [1.82, 2.24) is 0 Å². The molecule has 0 unspecified atom stereocenters. The van der Waals surface area contributed by atoms with Crippen molar-refractivity contribution in [3.8, 4) is 0 Å². The van der Waals surface area contributed by atoms with Crippen LogP contribution >= 0.6 is 0 Å². The molecule has 0 saturated carbocycles. The van der Waals surface area contributed by atoms with Crippen LogP contribution < -0.4 is 0 Å². The zero-order valence-corrected chi connectivity index (χ0v) is 6.43. The van der Waals surface area contributed by atoms with E-state index in [1.54, 1.807) is 0 Å². The van der Waals surface area contributed by atoms with Crippen LogP contribution in [0.25, 0.3) is 0 Å². The number of hydrogen-bond donors (Lipinski definition) is 4. The van der Waals surface area contributed by atoms with Gasteiger partial charge in [0.15, 0.2) is 0 Å². The fourth-order valence-electron chi connectivity index (χ4n) is 0. The van der Waals surface area contributed by atoms with Gasteiger partial charge in [-0.3, -0.25) is 0 Å². The van der Waals surface area contributed by atoms with Gasteiger partial charge in [-0.05, 0) is 0 Å². The molecule has 0 spiro atoms. The van der Waals surface area contributed by atoms with Crippen LogP contribution in [0.3, 0.4) is 0 Å². The van der Waals surface area contributed by atoms with Crippen molar-refractivity contribution in [3.05, 3.63) is 7.43 Å². The summed E-state index contributed by atoms with van der Waals surface area (Å²) in [5.41, 5.74) is 0. The summed E-state index contributed by atoms with van der Waals surface area (Å²) in [6.07, 6.45) is -4.07. The SMILES string of the molecule is OC(O)C(O)O.[CH3+].[Cu].[Cu]. The molecule has 0 amide bonds. The van der Waals surface area contributed by atoms with Crippen molar-refractivity contribution in [2.75, 3.05) is 0 Å². The van der Waals surface area contributed by atoms with E-state index in [-0.39, 0.29) is 41.6 Å². The average Bonchev–Trinajstić information content (AvgIpc) is 1.36. The minimum Gasteiger partial charge on any atom is -0.364 e. The molecule has 9 heavy (non-hydrogen) atoms. The Morgan fingerprint density at radius 1 is 0.667 bits per heavy atom. The predicted octanol–water partition coefficient (Wildman–Crippen LogP) is -1.95. The summed E-state index contributed by atoms with van der Waals surface area (Å²) < 4.78 is 0. The summed E-state index contributed by atoms with van der Waals surface area (Å²) in [6, 6.07) is 0. The first kappa shape index (κ1) is 22.6. The van der Waals surface area contributed by atoms with Gasteiger partial charge >= 0.3 is 0 Å². The number of rotatable bonds is 1. The van der Waals surface area contributed by atoms with Crippen LogP contribution in [0.5, 0.6) is 0 Å². The van der Waals surface area contributed by atoms with Crippen molar-refractivity contribution < 1.29 is 54.6 Å². The Morgan fingerprint density at radius 3 is 0.778 bits per heavy atom. The van der Waals surface area contributed by atoms with E-state index in [4.69, 9.17) is 20.4 Å². The molecule has 66 valence electrons. The molecule has 0 saturated heterocycles. The van der Waals surface area contributed by atoms with Crippen LogP contribution in [-0.4, -0.2) is 33.0 Å². The number of hydrogen-bond acceptors (Lipinski definition) is 4. The molecule has 0 rings (SSSR count). The summed E-state index contributed by atoms with van der Waals surface area (Å²) >= 11 is 0. The second kappa shape index (κ2) is 11.5. The Hall–Kier alpha value is 0.749. The molecule has 0 aliphatic carbocycles. The first-order chi connectivity index (χ1) is 2.64. The Kier molecular flexibility index (Phi) is 28.9. The minimum absolute atomic E-state index is 0. The van der Waals surface area contributed by atoms with Gasteiger partial charge in [0.25, 0.3) is 0 Å². The third kappa shape index (κ3) is 17.7. The molecule has 6 heteroatoms. The summed E-state index contributed by atoms with van der Waals surface area (Å²) in [6.45, 7) is 0. The Bertz CT molecular complexity index is 34.8. The van der Waals surface area contributed by atoms with E-state index in [2.05, 4.69) is 0 Å². The summed E-state index contributed by atoms with van der Waals surface area (Å²) in [7, 11) is 0. The van der Waals surface area contributed by atoms with Crippen molar-refractivity contribution in [1.29, 1.82) is 0 Å². The van der Waals surface area contributed by atoms with Crippen LogP contribution in [0.15, 0.2) is 0 Å². The molecule has 0 aromatic carbocycles. The fourth-order valence-corrected chi connectivity index (χ4v) is 0. The fraction of sp³-hybridized carbons (Fsp3) is 0.667. The normalized spacial score (nSPS) is 7.33. The zero-order valence-electron chi connectivity index (χ0n) is 4.55. The summed E-state index contributed by atoms with van der Waals surface area (Å²) in [4.78, 5) is 0. The molecule has 0 heterocycles. The Balaban J connectivity index is -0.0000000417. The van der Waals surface area contributed by atoms with E-state index < -0.39 is 12.6 Å². The summed E-state index contributed by atoms with van der Waals surface area (Å²) in [5, 5.41) is 30.7. The van der Waals surface area contributed by atoms with E-state index in [1.165, 1.54) is 0 Å². The predicted molar refractivity (Wildman–Crippen MR) is 22.9 cm³/mol. The van der Waals surface area contributed by atoms with Gasteiger partial charge in [0, 0.05) is 41.6 Å². The van der Waals surface area contributed by atoms with E-state index in [9.17, 15) is 0 Å². The number of aliphatic hydroxyl groups is 4. The van der Waals surface area contributed by atoms with Gasteiger partial charge < -0.3 is 20.4 Å². The Labute approximate surface area is 74.8 Å². The molecule has 0 aromatic rings. The van der Waals surface area contributed by atoms with Gasteiger partial charge in [0.2, 0.25) is 12.6 Å². The maximum Gasteiger partial charge on any atom is 0.204 e. The van der Waals surface area contributed by atoms with Crippen LogP contribution in [0, 0.1) is 7.43 Å². The molecule has 0 aliphatic rings. The summed E-state index contributed by atoms with van der Waals surface area (Å²) in [5.74, 6) is 0. The van der Waals surface area contributed by atoms with Gasteiger partial charge in [0.1, 0.15) is 0 Å². The molecule has 0 fully saturated rings. The van der Waals surface area contributed by atoms with Gasteiger partial charge in [-0.2, -0.15) is 0 Å². The van der Waals surface area contributed by atoms with E-state index in [0.717, 1.165) is 0 Å². The smallest absolute Gasteiger partial charge is 0.204 e. The first-order valence-corrected chi connectivity index (χ1v) is 1.37. The standard InChI is InChI=1S/C2H6O4.CH3.2Cu/c3-1(4)2(5)6;;;/h1-6H;1H3;;/q;+1;;. The van der Waals surface area contributed by atoms with E-state index >= 15 is 0 Å². The largest absolute Gasteiger partial charge is 0.364 e. The van der Waals surface area contributed by atoms with Crippen LogP contribution in [0.4, 0.5) is 0 Å². The average molecular weight is 236 g/mol. The molecule has 4 nitrogen and oxygen atoms in total. The van der Waals surface area contributed by atoms with Crippen LogP contribution in [-0.2, 0) is 34.1 Å². The number of aliphatic hydroxyl groups excluding tert-OH is 2. The maximum atomic E-state index is 7.69. The third-order valence-electron chi connectivity index (χ3n) is 0.267. The topological polar surface area (TPSA) is 80.9 Å². The minimum atomic E-state index is -2.04. The molecule has 0 bridgehead atoms. The van der Waals surface area contributed by atoms with Crippen LogP contribution in [0.2, 0.25) is 0 Å². The van der Waals surface area contributed by atoms with Crippen molar-refractivity contribution >= 4 is 0 Å². The maximum absolute atomic E-state index is 7.69. The monoisotopic (exact) mass is 235 g/mol. The Morgan fingerprint density at radius 2 is 0.778 bits per heavy atom. The molecule has 2 radical (unpaired) electrons. The molecular formula is C3H9Cu2O4+. The second-order valence-electron chi connectivity index (χ2n) is 0.827. The molecule has 4 N–H and O–H groups in total. The second-order valence-corrected chi connectivity index (χ2v) is 0.827. The third-order valence-corrected chi connectivity index (χ3v) is 0.267. The first-order valence-electron chi connectivity index (χ1n) is 1.37. The van der Waals surface area contributed by atoms with Gasteiger partial charge in [-0.15, -0.1) is 0 Å². The van der Waals surface area contributed by atoms with Gasteiger partial charge in [-0.1, -0.05) is 0 Å². The van der Waals surface area contributed by atoms with Crippen LogP contribution in [0.1, 0.15) is 0 Å². The van der Waals surface area contributed by atoms with Crippen molar-refractivity contribution in [2.45, 2.75) is 12.6 Å². The molecular weight excluding hydrogens is 227 g/mol. The van der Waals surface area contributed by atoms with E-state index in [1.807, 2.05) is 0 Å². The van der Waals surface area contributed by atoms with Crippen molar-refractivity contribution in [3.63, 3.8) is 0 Å². The molecule has 0 aliphatic heterocycles. The molecule has 0 atom stereocenters. The van der Waals surface area contributed by atoms with E-state index in [0.29, 0.717) is 0 Å².